The number of anilines is 1. The topological polar surface area (TPSA) is 37.8 Å². The molecule has 1 N–H and O–H groups in total. The first kappa shape index (κ1) is 17.7. The predicted octanol–water partition coefficient (Wildman–Crippen LogP) is 6.02. The van der Waals surface area contributed by atoms with Gasteiger partial charge in [0.05, 0.1) is 5.39 Å². The molecule has 0 fully saturated rings. The molecule has 3 nitrogen and oxygen atoms in total. The van der Waals surface area contributed by atoms with Crippen LogP contribution < -0.4 is 5.32 Å². The van der Waals surface area contributed by atoms with Crippen LogP contribution in [0, 0.1) is 13.8 Å². The van der Waals surface area contributed by atoms with Gasteiger partial charge in [0.25, 0.3) is 0 Å². The summed E-state index contributed by atoms with van der Waals surface area (Å²) in [4.78, 5) is 10.7. The normalized spacial score (nSPS) is 11.0. The molecule has 0 amide bonds. The van der Waals surface area contributed by atoms with Gasteiger partial charge in [-0.1, -0.05) is 54.1 Å². The summed E-state index contributed by atoms with van der Waals surface area (Å²) in [5, 5.41) is 6.88. The second-order valence-electron chi connectivity index (χ2n) is 6.88. The van der Waals surface area contributed by atoms with Gasteiger partial charge >= 0.3 is 0 Å². The molecular weight excluding hydrogens is 350 g/mol. The van der Waals surface area contributed by atoms with E-state index in [1.54, 1.807) is 11.3 Å². The molecule has 2 aromatic heterocycles. The van der Waals surface area contributed by atoms with Crippen LogP contribution >= 0.6 is 11.3 Å². The van der Waals surface area contributed by atoms with Crippen LogP contribution in [0.1, 0.15) is 23.1 Å². The molecule has 0 aliphatic rings. The largest absolute Gasteiger partial charge is 0.369 e. The molecule has 2 heterocycles. The summed E-state index contributed by atoms with van der Waals surface area (Å²) in [6.07, 6.45) is 2.13. The molecule has 0 aliphatic carbocycles. The fourth-order valence-corrected chi connectivity index (χ4v) is 4.19. The van der Waals surface area contributed by atoms with Gasteiger partial charge in [-0.2, -0.15) is 0 Å². The second-order valence-corrected chi connectivity index (χ2v) is 7.74. The fourth-order valence-electron chi connectivity index (χ4n) is 3.27. The highest BCUT2D eigenvalue weighted by molar-refractivity contribution is 7.17. The summed E-state index contributed by atoms with van der Waals surface area (Å²) in [5.41, 5.74) is 4.89. The van der Waals surface area contributed by atoms with Crippen molar-refractivity contribution in [3.05, 3.63) is 76.7 Å². The average Bonchev–Trinajstić information content (AvgIpc) is 3.07. The van der Waals surface area contributed by atoms with Crippen LogP contribution in [0.4, 0.5) is 5.82 Å². The van der Waals surface area contributed by atoms with Gasteiger partial charge in [-0.05, 0) is 49.3 Å². The quantitative estimate of drug-likeness (QED) is 0.420. The van der Waals surface area contributed by atoms with Crippen LogP contribution in [0.25, 0.3) is 21.6 Å². The summed E-state index contributed by atoms with van der Waals surface area (Å²) < 4.78 is 0. The van der Waals surface area contributed by atoms with E-state index in [2.05, 4.69) is 79.1 Å². The minimum Gasteiger partial charge on any atom is -0.369 e. The summed E-state index contributed by atoms with van der Waals surface area (Å²) in [7, 11) is 0. The monoisotopic (exact) mass is 373 g/mol. The van der Waals surface area contributed by atoms with Gasteiger partial charge in [0, 0.05) is 12.1 Å². The van der Waals surface area contributed by atoms with Gasteiger partial charge in [0.1, 0.15) is 10.6 Å². The Morgan fingerprint density at radius 2 is 1.81 bits per heavy atom. The number of fused-ring (bicyclic) bond motifs is 1. The summed E-state index contributed by atoms with van der Waals surface area (Å²) >= 11 is 1.69. The van der Waals surface area contributed by atoms with E-state index in [-0.39, 0.29) is 0 Å². The molecule has 0 aliphatic heterocycles. The predicted molar refractivity (Wildman–Crippen MR) is 116 cm³/mol. The lowest BCUT2D eigenvalue weighted by atomic mass is 10.1. The lowest BCUT2D eigenvalue weighted by Crippen LogP contribution is -2.06. The van der Waals surface area contributed by atoms with Crippen LogP contribution in [-0.4, -0.2) is 16.5 Å². The van der Waals surface area contributed by atoms with Gasteiger partial charge in [-0.15, -0.1) is 11.3 Å². The molecule has 0 atom stereocenters. The standard InChI is InChI=1S/C23H23N3S/c1-16-8-6-12-19(14-16)21-25-22(20-17(2)15-27-23(20)26-21)24-13-7-11-18-9-4-3-5-10-18/h3-6,8-10,12,14-15H,7,11,13H2,1-2H3,(H,24,25,26). The minimum atomic E-state index is 0.790. The summed E-state index contributed by atoms with van der Waals surface area (Å²) in [6, 6.07) is 19.0. The molecule has 0 saturated carbocycles. The average molecular weight is 374 g/mol. The van der Waals surface area contributed by atoms with E-state index in [1.165, 1.54) is 16.7 Å². The Bertz CT molecular complexity index is 1050. The molecule has 0 unspecified atom stereocenters. The van der Waals surface area contributed by atoms with Crippen molar-refractivity contribution in [2.75, 3.05) is 11.9 Å². The summed E-state index contributed by atoms with van der Waals surface area (Å²) in [5.74, 6) is 1.74. The van der Waals surface area contributed by atoms with E-state index in [9.17, 15) is 0 Å². The van der Waals surface area contributed by atoms with E-state index in [4.69, 9.17) is 9.97 Å². The molecule has 27 heavy (non-hydrogen) atoms. The van der Waals surface area contributed by atoms with Gasteiger partial charge in [0.15, 0.2) is 5.82 Å². The van der Waals surface area contributed by atoms with Crippen molar-refractivity contribution in [3.63, 3.8) is 0 Å². The first-order valence-electron chi connectivity index (χ1n) is 9.31. The molecule has 4 heteroatoms. The highest BCUT2D eigenvalue weighted by Gasteiger charge is 2.13. The zero-order valence-corrected chi connectivity index (χ0v) is 16.5. The van der Waals surface area contributed by atoms with Crippen molar-refractivity contribution in [2.24, 2.45) is 0 Å². The molecular formula is C23H23N3S. The Balaban J connectivity index is 1.57. The van der Waals surface area contributed by atoms with Crippen molar-refractivity contribution >= 4 is 27.4 Å². The Kier molecular flexibility index (Phi) is 5.16. The third-order valence-corrected chi connectivity index (χ3v) is 5.66. The van der Waals surface area contributed by atoms with Crippen LogP contribution in [0.15, 0.2) is 60.0 Å². The van der Waals surface area contributed by atoms with Crippen molar-refractivity contribution in [3.8, 4) is 11.4 Å². The maximum atomic E-state index is 4.87. The van der Waals surface area contributed by atoms with Crippen LogP contribution in [0.5, 0.6) is 0 Å². The van der Waals surface area contributed by atoms with E-state index < -0.39 is 0 Å². The van der Waals surface area contributed by atoms with E-state index >= 15 is 0 Å². The number of aryl methyl sites for hydroxylation is 3. The lowest BCUT2D eigenvalue weighted by molar-refractivity contribution is 0.860. The van der Waals surface area contributed by atoms with Gasteiger partial charge in [-0.3, -0.25) is 0 Å². The lowest BCUT2D eigenvalue weighted by Gasteiger charge is -2.10. The maximum Gasteiger partial charge on any atom is 0.163 e. The van der Waals surface area contributed by atoms with Crippen molar-refractivity contribution < 1.29 is 0 Å². The first-order chi connectivity index (χ1) is 13.2. The minimum absolute atomic E-state index is 0.790. The smallest absolute Gasteiger partial charge is 0.163 e. The molecule has 0 saturated heterocycles. The van der Waals surface area contributed by atoms with E-state index in [0.29, 0.717) is 0 Å². The maximum absolute atomic E-state index is 4.87. The van der Waals surface area contributed by atoms with E-state index in [1.807, 2.05) is 0 Å². The van der Waals surface area contributed by atoms with Crippen LogP contribution in [0.2, 0.25) is 0 Å². The number of hydrogen-bond acceptors (Lipinski definition) is 4. The molecule has 0 bridgehead atoms. The number of aromatic nitrogens is 2. The molecule has 136 valence electrons. The Morgan fingerprint density at radius 3 is 2.63 bits per heavy atom. The second kappa shape index (κ2) is 7.89. The summed E-state index contributed by atoms with van der Waals surface area (Å²) in [6.45, 7) is 5.12. The number of nitrogens with one attached hydrogen (secondary N) is 1. The zero-order chi connectivity index (χ0) is 18.6. The Hall–Kier alpha value is -2.72. The Labute approximate surface area is 164 Å². The molecule has 2 aromatic carbocycles. The zero-order valence-electron chi connectivity index (χ0n) is 15.7. The first-order valence-corrected chi connectivity index (χ1v) is 10.2. The number of thiophene rings is 1. The highest BCUT2D eigenvalue weighted by Crippen LogP contribution is 2.32. The molecule has 4 aromatic rings. The van der Waals surface area contributed by atoms with Crippen molar-refractivity contribution in [1.82, 2.24) is 9.97 Å². The van der Waals surface area contributed by atoms with Crippen molar-refractivity contribution in [2.45, 2.75) is 26.7 Å². The van der Waals surface area contributed by atoms with Crippen LogP contribution in [0.3, 0.4) is 0 Å². The van der Waals surface area contributed by atoms with E-state index in [0.717, 1.165) is 46.8 Å². The van der Waals surface area contributed by atoms with Gasteiger partial charge < -0.3 is 5.32 Å². The van der Waals surface area contributed by atoms with Gasteiger partial charge in [0.2, 0.25) is 0 Å². The fraction of sp³-hybridized carbons (Fsp3) is 0.217. The van der Waals surface area contributed by atoms with Gasteiger partial charge in [-0.25, -0.2) is 9.97 Å². The third-order valence-electron chi connectivity index (χ3n) is 4.67. The number of benzene rings is 2. The molecule has 0 radical (unpaired) electrons. The van der Waals surface area contributed by atoms with Crippen LogP contribution in [-0.2, 0) is 6.42 Å². The molecule has 0 spiro atoms. The number of rotatable bonds is 6. The molecule has 4 rings (SSSR count). The van der Waals surface area contributed by atoms with Crippen molar-refractivity contribution in [1.29, 1.82) is 0 Å². The number of nitrogens with zero attached hydrogens (tertiary/aromatic N) is 2. The Morgan fingerprint density at radius 1 is 0.963 bits per heavy atom. The third kappa shape index (κ3) is 4.01. The number of hydrogen-bond donors (Lipinski definition) is 1. The SMILES string of the molecule is Cc1cccc(-c2nc(NCCCc3ccccc3)c3c(C)csc3n2)c1. The highest BCUT2D eigenvalue weighted by atomic mass is 32.1.